The fraction of sp³-hybridized carbons (Fsp3) is 0.357. The smallest absolute Gasteiger partial charge is 0.271 e. The topological polar surface area (TPSA) is 95.1 Å². The highest BCUT2D eigenvalue weighted by molar-refractivity contribution is 5.91. The van der Waals surface area contributed by atoms with Crippen LogP contribution in [0.2, 0.25) is 0 Å². The van der Waals surface area contributed by atoms with Crippen molar-refractivity contribution in [1.82, 2.24) is 20.1 Å². The Balaban J connectivity index is 2.34. The number of rotatable bonds is 3. The maximum Gasteiger partial charge on any atom is 0.271 e. The maximum atomic E-state index is 11.5. The van der Waals surface area contributed by atoms with Crippen LogP contribution in [-0.2, 0) is 0 Å². The van der Waals surface area contributed by atoms with Crippen LogP contribution < -0.4 is 15.8 Å². The first-order valence-corrected chi connectivity index (χ1v) is 6.54. The summed E-state index contributed by atoms with van der Waals surface area (Å²) < 4.78 is 7.21. The highest BCUT2D eigenvalue weighted by atomic mass is 16.5. The zero-order chi connectivity index (χ0) is 15.6. The molecule has 7 heteroatoms. The van der Waals surface area contributed by atoms with E-state index in [0.29, 0.717) is 23.1 Å². The zero-order valence-corrected chi connectivity index (χ0v) is 12.5. The molecule has 0 atom stereocenters. The van der Waals surface area contributed by atoms with E-state index in [-0.39, 0.29) is 5.91 Å². The van der Waals surface area contributed by atoms with E-state index in [1.54, 1.807) is 31.4 Å². The molecule has 0 aliphatic rings. The number of nitrogen functional groups attached to an aromatic ring is 1. The monoisotopic (exact) mass is 289 g/mol. The van der Waals surface area contributed by atoms with Crippen molar-refractivity contribution in [2.24, 2.45) is 0 Å². The highest BCUT2D eigenvalue weighted by Crippen LogP contribution is 2.24. The molecule has 0 radical (unpaired) electrons. The van der Waals surface area contributed by atoms with Crippen LogP contribution in [0.5, 0.6) is 5.88 Å². The third kappa shape index (κ3) is 3.50. The second-order valence-electron chi connectivity index (χ2n) is 5.50. The lowest BCUT2D eigenvalue weighted by atomic mass is 10.2. The second-order valence-corrected chi connectivity index (χ2v) is 5.50. The van der Waals surface area contributed by atoms with Crippen molar-refractivity contribution >= 4 is 11.6 Å². The summed E-state index contributed by atoms with van der Waals surface area (Å²) in [5, 5.41) is 6.68. The Hall–Kier alpha value is -2.57. The molecular weight excluding hydrogens is 270 g/mol. The fourth-order valence-corrected chi connectivity index (χ4v) is 1.64. The number of amides is 1. The first kappa shape index (κ1) is 14.8. The molecule has 0 aliphatic heterocycles. The van der Waals surface area contributed by atoms with Crippen LogP contribution in [0.3, 0.4) is 0 Å². The average Bonchev–Trinajstić information content (AvgIpc) is 2.88. The summed E-state index contributed by atoms with van der Waals surface area (Å²) in [5.74, 6) is 0.617. The number of hydrogen-bond acceptors (Lipinski definition) is 5. The molecule has 2 aromatic rings. The Bertz CT molecular complexity index is 658. The van der Waals surface area contributed by atoms with Gasteiger partial charge in [0.25, 0.3) is 5.91 Å². The summed E-state index contributed by atoms with van der Waals surface area (Å²) in [4.78, 5) is 15.9. The maximum absolute atomic E-state index is 11.5. The third-order valence-electron chi connectivity index (χ3n) is 2.56. The number of nitrogens with one attached hydrogen (secondary N) is 1. The van der Waals surface area contributed by atoms with E-state index in [4.69, 9.17) is 10.5 Å². The molecule has 21 heavy (non-hydrogen) atoms. The molecule has 2 rings (SSSR count). The molecule has 0 saturated carbocycles. The van der Waals surface area contributed by atoms with Crippen molar-refractivity contribution in [3.8, 4) is 11.7 Å². The fourth-order valence-electron chi connectivity index (χ4n) is 1.64. The number of pyridine rings is 1. The van der Waals surface area contributed by atoms with Crippen molar-refractivity contribution in [3.05, 3.63) is 30.1 Å². The number of nitrogens with zero attached hydrogens (tertiary/aromatic N) is 3. The van der Waals surface area contributed by atoms with E-state index in [0.717, 1.165) is 0 Å². The number of carbonyl (C=O) groups excluding carboxylic acids is 1. The Morgan fingerprint density at radius 1 is 1.33 bits per heavy atom. The number of carbonyl (C=O) groups is 1. The van der Waals surface area contributed by atoms with Gasteiger partial charge in [-0.3, -0.25) is 4.79 Å². The number of ether oxygens (including phenoxy) is 1. The zero-order valence-electron chi connectivity index (χ0n) is 12.5. The van der Waals surface area contributed by atoms with Crippen molar-refractivity contribution in [2.45, 2.75) is 26.4 Å². The minimum absolute atomic E-state index is 0.254. The van der Waals surface area contributed by atoms with Gasteiger partial charge < -0.3 is 15.8 Å². The van der Waals surface area contributed by atoms with Crippen LogP contribution in [-0.4, -0.2) is 33.3 Å². The quantitative estimate of drug-likeness (QED) is 0.890. The van der Waals surface area contributed by atoms with Gasteiger partial charge in [0.1, 0.15) is 5.60 Å². The van der Waals surface area contributed by atoms with E-state index in [1.807, 2.05) is 20.8 Å². The van der Waals surface area contributed by atoms with Crippen LogP contribution in [0, 0.1) is 0 Å². The number of anilines is 1. The minimum atomic E-state index is -0.406. The lowest BCUT2D eigenvalue weighted by Crippen LogP contribution is -2.24. The molecule has 112 valence electrons. The van der Waals surface area contributed by atoms with Gasteiger partial charge in [-0.05, 0) is 39.0 Å². The molecule has 0 aromatic carbocycles. The van der Waals surface area contributed by atoms with Gasteiger partial charge in [-0.15, -0.1) is 0 Å². The van der Waals surface area contributed by atoms with Gasteiger partial charge >= 0.3 is 0 Å². The summed E-state index contributed by atoms with van der Waals surface area (Å²) >= 11 is 0. The molecule has 0 fully saturated rings. The molecule has 0 unspecified atom stereocenters. The number of aromatic nitrogens is 3. The summed E-state index contributed by atoms with van der Waals surface area (Å²) in [6.07, 6.45) is 1.66. The van der Waals surface area contributed by atoms with Gasteiger partial charge in [0.2, 0.25) is 5.88 Å². The van der Waals surface area contributed by atoms with Crippen LogP contribution in [0.15, 0.2) is 24.4 Å². The SMILES string of the molecule is CNC(=O)c1ccn(-c2ccc(N)c(OC(C)(C)C)n2)n1. The predicted octanol–water partition coefficient (Wildman–Crippen LogP) is 1.39. The molecule has 0 spiro atoms. The average molecular weight is 289 g/mol. The minimum Gasteiger partial charge on any atom is -0.470 e. The summed E-state index contributed by atoms with van der Waals surface area (Å²) in [6, 6.07) is 5.03. The summed E-state index contributed by atoms with van der Waals surface area (Å²) in [6.45, 7) is 5.75. The molecular formula is C14H19N5O2. The number of hydrogen-bond donors (Lipinski definition) is 2. The van der Waals surface area contributed by atoms with Crippen LogP contribution in [0.1, 0.15) is 31.3 Å². The van der Waals surface area contributed by atoms with Crippen molar-refractivity contribution in [2.75, 3.05) is 12.8 Å². The van der Waals surface area contributed by atoms with E-state index < -0.39 is 5.60 Å². The van der Waals surface area contributed by atoms with Crippen molar-refractivity contribution in [1.29, 1.82) is 0 Å². The van der Waals surface area contributed by atoms with Gasteiger partial charge in [-0.2, -0.15) is 10.1 Å². The Morgan fingerprint density at radius 2 is 2.05 bits per heavy atom. The predicted molar refractivity (Wildman–Crippen MR) is 79.5 cm³/mol. The molecule has 1 amide bonds. The molecule has 2 heterocycles. The largest absolute Gasteiger partial charge is 0.470 e. The number of nitrogens with two attached hydrogens (primary N) is 1. The molecule has 0 aliphatic carbocycles. The lowest BCUT2D eigenvalue weighted by Gasteiger charge is -2.21. The van der Waals surface area contributed by atoms with Crippen molar-refractivity contribution in [3.63, 3.8) is 0 Å². The van der Waals surface area contributed by atoms with Crippen LogP contribution in [0.25, 0.3) is 5.82 Å². The normalized spacial score (nSPS) is 11.2. The molecule has 3 N–H and O–H groups in total. The van der Waals surface area contributed by atoms with Crippen LogP contribution >= 0.6 is 0 Å². The van der Waals surface area contributed by atoms with Crippen molar-refractivity contribution < 1.29 is 9.53 Å². The lowest BCUT2D eigenvalue weighted by molar-refractivity contribution is 0.0957. The van der Waals surface area contributed by atoms with Gasteiger partial charge in [-0.1, -0.05) is 0 Å². The first-order valence-electron chi connectivity index (χ1n) is 6.54. The van der Waals surface area contributed by atoms with Gasteiger partial charge in [0.15, 0.2) is 11.5 Å². The van der Waals surface area contributed by atoms with Gasteiger partial charge in [-0.25, -0.2) is 4.68 Å². The van der Waals surface area contributed by atoms with E-state index in [9.17, 15) is 4.79 Å². The Morgan fingerprint density at radius 3 is 2.67 bits per heavy atom. The Labute approximate surface area is 123 Å². The molecule has 0 saturated heterocycles. The summed E-state index contributed by atoms with van der Waals surface area (Å²) in [7, 11) is 1.55. The standard InChI is InChI=1S/C14H19N5O2/c1-14(2,3)21-13-9(15)5-6-11(17-13)19-8-7-10(18-19)12(20)16-4/h5-8H,15H2,1-4H3,(H,16,20). The summed E-state index contributed by atoms with van der Waals surface area (Å²) in [5.41, 5.74) is 6.23. The van der Waals surface area contributed by atoms with E-state index >= 15 is 0 Å². The molecule has 0 bridgehead atoms. The van der Waals surface area contributed by atoms with Gasteiger partial charge in [0.05, 0.1) is 5.69 Å². The van der Waals surface area contributed by atoms with Crippen LogP contribution in [0.4, 0.5) is 5.69 Å². The highest BCUT2D eigenvalue weighted by Gasteiger charge is 2.16. The Kier molecular flexibility index (Phi) is 3.84. The van der Waals surface area contributed by atoms with E-state index in [1.165, 1.54) is 4.68 Å². The third-order valence-corrected chi connectivity index (χ3v) is 2.56. The second kappa shape index (κ2) is 5.43. The molecule has 7 nitrogen and oxygen atoms in total. The molecule has 2 aromatic heterocycles. The first-order chi connectivity index (χ1) is 9.80. The van der Waals surface area contributed by atoms with E-state index in [2.05, 4.69) is 15.4 Å². The van der Waals surface area contributed by atoms with Gasteiger partial charge in [0, 0.05) is 13.2 Å².